The van der Waals surface area contributed by atoms with E-state index >= 15 is 0 Å². The zero-order chi connectivity index (χ0) is 15.5. The van der Waals surface area contributed by atoms with Crippen LogP contribution in [0.5, 0.6) is 0 Å². The highest BCUT2D eigenvalue weighted by Crippen LogP contribution is 2.16. The highest BCUT2D eigenvalue weighted by Gasteiger charge is 2.25. The number of carbonyl (C=O) groups is 2. The molecule has 20 heavy (non-hydrogen) atoms. The van der Waals surface area contributed by atoms with Gasteiger partial charge in [-0.05, 0) is 38.8 Å². The Morgan fingerprint density at radius 2 is 2.00 bits per heavy atom. The van der Waals surface area contributed by atoms with Crippen molar-refractivity contribution in [3.8, 4) is 0 Å². The van der Waals surface area contributed by atoms with Crippen LogP contribution in [0.15, 0.2) is 17.1 Å². The summed E-state index contributed by atoms with van der Waals surface area (Å²) >= 11 is 0. The minimum absolute atomic E-state index is 0.340. The normalized spacial score (nSPS) is 12.6. The summed E-state index contributed by atoms with van der Waals surface area (Å²) in [4.78, 5) is 37.0. The maximum absolute atomic E-state index is 11.7. The number of hydrogen-bond acceptors (Lipinski definition) is 4. The molecule has 0 radical (unpaired) electrons. The number of H-pyrrole nitrogens is 1. The molecule has 0 saturated heterocycles. The lowest BCUT2D eigenvalue weighted by Gasteiger charge is -2.23. The number of aromatic amines is 1. The smallest absolute Gasteiger partial charge is 0.408 e. The second-order valence-corrected chi connectivity index (χ2v) is 5.42. The van der Waals surface area contributed by atoms with Gasteiger partial charge in [-0.15, -0.1) is 0 Å². The van der Waals surface area contributed by atoms with E-state index in [4.69, 9.17) is 10.5 Å². The number of amides is 2. The second-order valence-electron chi connectivity index (χ2n) is 5.42. The van der Waals surface area contributed by atoms with E-state index < -0.39 is 23.6 Å². The van der Waals surface area contributed by atoms with Crippen molar-refractivity contribution in [3.63, 3.8) is 0 Å². The highest BCUT2D eigenvalue weighted by molar-refractivity contribution is 5.85. The van der Waals surface area contributed by atoms with Crippen molar-refractivity contribution < 1.29 is 14.3 Å². The maximum Gasteiger partial charge on any atom is 0.408 e. The zero-order valence-electron chi connectivity index (χ0n) is 11.9. The first-order valence-corrected chi connectivity index (χ1v) is 6.08. The summed E-state index contributed by atoms with van der Waals surface area (Å²) < 4.78 is 5.07. The molecule has 1 unspecified atom stereocenters. The van der Waals surface area contributed by atoms with Gasteiger partial charge in [0.25, 0.3) is 0 Å². The molecule has 0 saturated carbocycles. The van der Waals surface area contributed by atoms with Crippen LogP contribution >= 0.6 is 0 Å². The maximum atomic E-state index is 11.7. The van der Waals surface area contributed by atoms with Crippen LogP contribution in [0.1, 0.15) is 37.9 Å². The zero-order valence-corrected chi connectivity index (χ0v) is 11.9. The molecule has 0 aliphatic heterocycles. The van der Waals surface area contributed by atoms with Gasteiger partial charge < -0.3 is 20.8 Å². The molecule has 110 valence electrons. The summed E-state index contributed by atoms with van der Waals surface area (Å²) in [7, 11) is 0. The molecule has 0 aliphatic carbocycles. The SMILES string of the molecule is Cc1c[nH]c(=O)cc1C(NC(=O)OC(C)(C)C)C(N)=O. The van der Waals surface area contributed by atoms with Gasteiger partial charge in [-0.3, -0.25) is 9.59 Å². The Hall–Kier alpha value is -2.31. The largest absolute Gasteiger partial charge is 0.444 e. The van der Waals surface area contributed by atoms with Crippen LogP contribution in [0.25, 0.3) is 0 Å². The molecule has 1 aromatic heterocycles. The molecule has 0 fully saturated rings. The van der Waals surface area contributed by atoms with Crippen molar-refractivity contribution in [3.05, 3.63) is 33.7 Å². The predicted octanol–water partition coefficient (Wildman–Crippen LogP) is 0.734. The van der Waals surface area contributed by atoms with E-state index in [1.165, 1.54) is 12.3 Å². The first-order valence-electron chi connectivity index (χ1n) is 6.08. The Balaban J connectivity index is 3.01. The fourth-order valence-electron chi connectivity index (χ4n) is 1.60. The third-order valence-electron chi connectivity index (χ3n) is 2.43. The van der Waals surface area contributed by atoms with E-state index in [1.807, 2.05) is 0 Å². The lowest BCUT2D eigenvalue weighted by atomic mass is 10.0. The number of primary amides is 1. The number of nitrogens with one attached hydrogen (secondary N) is 2. The molecule has 0 spiro atoms. The van der Waals surface area contributed by atoms with Gasteiger partial charge in [0, 0.05) is 12.3 Å². The highest BCUT2D eigenvalue weighted by atomic mass is 16.6. The first kappa shape index (κ1) is 15.7. The Morgan fingerprint density at radius 1 is 1.40 bits per heavy atom. The summed E-state index contributed by atoms with van der Waals surface area (Å²) in [5.74, 6) is -0.774. The molecule has 4 N–H and O–H groups in total. The van der Waals surface area contributed by atoms with Crippen LogP contribution in [0.3, 0.4) is 0 Å². The molecule has 1 heterocycles. The van der Waals surface area contributed by atoms with Crippen LogP contribution in [0.2, 0.25) is 0 Å². The molecule has 7 nitrogen and oxygen atoms in total. The minimum atomic E-state index is -1.12. The van der Waals surface area contributed by atoms with E-state index in [0.29, 0.717) is 11.1 Å². The molecule has 0 aromatic carbocycles. The van der Waals surface area contributed by atoms with Crippen molar-refractivity contribution >= 4 is 12.0 Å². The van der Waals surface area contributed by atoms with E-state index in [0.717, 1.165) is 0 Å². The van der Waals surface area contributed by atoms with Crippen molar-refractivity contribution in [2.24, 2.45) is 5.73 Å². The first-order chi connectivity index (χ1) is 9.10. The number of alkyl carbamates (subject to hydrolysis) is 1. The molecule has 1 atom stereocenters. The van der Waals surface area contributed by atoms with Crippen LogP contribution < -0.4 is 16.6 Å². The number of pyridine rings is 1. The van der Waals surface area contributed by atoms with Crippen LogP contribution in [-0.2, 0) is 9.53 Å². The Kier molecular flexibility index (Phi) is 4.54. The summed E-state index contributed by atoms with van der Waals surface area (Å²) in [5, 5.41) is 2.37. The second kappa shape index (κ2) is 5.77. The molecular formula is C13H19N3O4. The lowest BCUT2D eigenvalue weighted by molar-refractivity contribution is -0.120. The van der Waals surface area contributed by atoms with Crippen LogP contribution in [0.4, 0.5) is 4.79 Å². The summed E-state index contributed by atoms with van der Waals surface area (Å²) in [6.07, 6.45) is 0.672. The standard InChI is InChI=1S/C13H19N3O4/c1-7-6-15-9(17)5-8(7)10(11(14)18)16-12(19)20-13(2,3)4/h5-6,10H,1-4H3,(H2,14,18)(H,15,17)(H,16,19). The van der Waals surface area contributed by atoms with Gasteiger partial charge in [-0.25, -0.2) is 4.79 Å². The van der Waals surface area contributed by atoms with Gasteiger partial charge in [0.1, 0.15) is 11.6 Å². The Labute approximate surface area is 116 Å². The third kappa shape index (κ3) is 4.42. The van der Waals surface area contributed by atoms with Crippen molar-refractivity contribution in [2.75, 3.05) is 0 Å². The fourth-order valence-corrected chi connectivity index (χ4v) is 1.60. The van der Waals surface area contributed by atoms with E-state index in [-0.39, 0.29) is 5.56 Å². The molecule has 1 rings (SSSR count). The number of rotatable bonds is 3. The number of aromatic nitrogens is 1. The quantitative estimate of drug-likeness (QED) is 0.757. The van der Waals surface area contributed by atoms with Gasteiger partial charge in [0.05, 0.1) is 0 Å². The summed E-state index contributed by atoms with van der Waals surface area (Å²) in [6.45, 7) is 6.79. The van der Waals surface area contributed by atoms with Crippen molar-refractivity contribution in [2.45, 2.75) is 39.3 Å². The van der Waals surface area contributed by atoms with Crippen molar-refractivity contribution in [1.82, 2.24) is 10.3 Å². The monoisotopic (exact) mass is 281 g/mol. The third-order valence-corrected chi connectivity index (χ3v) is 2.43. The number of aryl methyl sites for hydroxylation is 1. The molecule has 1 aromatic rings. The Morgan fingerprint density at radius 3 is 2.50 bits per heavy atom. The number of nitrogens with two attached hydrogens (primary N) is 1. The molecular weight excluding hydrogens is 262 g/mol. The van der Waals surface area contributed by atoms with E-state index in [1.54, 1.807) is 27.7 Å². The molecule has 0 aliphatic rings. The molecule has 0 bridgehead atoms. The fraction of sp³-hybridized carbons (Fsp3) is 0.462. The summed E-state index contributed by atoms with van der Waals surface area (Å²) in [6, 6.07) is 0.106. The summed E-state index contributed by atoms with van der Waals surface area (Å²) in [5.41, 5.74) is 5.16. The predicted molar refractivity (Wildman–Crippen MR) is 73.1 cm³/mol. The van der Waals surface area contributed by atoms with Gasteiger partial charge in [0.2, 0.25) is 11.5 Å². The van der Waals surface area contributed by atoms with Crippen LogP contribution in [0, 0.1) is 6.92 Å². The Bertz CT molecular complexity index is 572. The van der Waals surface area contributed by atoms with Gasteiger partial charge in [-0.2, -0.15) is 0 Å². The average Bonchev–Trinajstić information content (AvgIpc) is 2.27. The number of hydrogen-bond donors (Lipinski definition) is 3. The molecule has 7 heteroatoms. The molecule has 2 amide bonds. The van der Waals surface area contributed by atoms with Crippen molar-refractivity contribution in [1.29, 1.82) is 0 Å². The average molecular weight is 281 g/mol. The van der Waals surface area contributed by atoms with Gasteiger partial charge in [-0.1, -0.05) is 0 Å². The number of ether oxygens (including phenoxy) is 1. The van der Waals surface area contributed by atoms with Gasteiger partial charge in [0.15, 0.2) is 0 Å². The van der Waals surface area contributed by atoms with E-state index in [9.17, 15) is 14.4 Å². The topological polar surface area (TPSA) is 114 Å². The number of carbonyl (C=O) groups excluding carboxylic acids is 2. The minimum Gasteiger partial charge on any atom is -0.444 e. The van der Waals surface area contributed by atoms with Gasteiger partial charge >= 0.3 is 6.09 Å². The lowest BCUT2D eigenvalue weighted by Crippen LogP contribution is -2.41. The van der Waals surface area contributed by atoms with E-state index in [2.05, 4.69) is 10.3 Å². The van der Waals surface area contributed by atoms with Crippen LogP contribution in [-0.4, -0.2) is 22.6 Å².